The molecule has 0 saturated carbocycles. The second-order valence-electron chi connectivity index (χ2n) is 2.85. The highest BCUT2D eigenvalue weighted by atomic mass is 16.7. The van der Waals surface area contributed by atoms with Crippen molar-refractivity contribution in [2.24, 2.45) is 10.8 Å². The van der Waals surface area contributed by atoms with Gasteiger partial charge in [0.25, 0.3) is 0 Å². The highest BCUT2D eigenvalue weighted by Gasteiger charge is 2.02. The monoisotopic (exact) mass is 129 g/mol. The molecule has 0 spiro atoms. The van der Waals surface area contributed by atoms with Crippen molar-refractivity contribution in [3.05, 3.63) is 17.2 Å². The van der Waals surface area contributed by atoms with Crippen LogP contribution in [-0.2, 0) is 4.84 Å². The Kier molecular flexibility index (Phi) is 2.91. The molecule has 0 amide bonds. The molecule has 3 nitrogen and oxygen atoms in total. The van der Waals surface area contributed by atoms with E-state index in [-0.39, 0.29) is 5.41 Å². The average molecular weight is 129 g/mol. The summed E-state index contributed by atoms with van der Waals surface area (Å²) in [6.45, 7) is 5.99. The molecule has 0 aromatic carbocycles. The van der Waals surface area contributed by atoms with E-state index in [0.717, 1.165) is 0 Å². The molecule has 0 aliphatic rings. The molecule has 3 heteroatoms. The molecular weight excluding hydrogens is 118 g/mol. The Morgan fingerprint density at radius 2 is 2.00 bits per heavy atom. The van der Waals surface area contributed by atoms with Gasteiger partial charge in [-0.3, -0.25) is 0 Å². The Hall–Kier alpha value is -0.860. The fourth-order valence-corrected chi connectivity index (χ4v) is 0.259. The van der Waals surface area contributed by atoms with Crippen molar-refractivity contribution < 1.29 is 4.84 Å². The first-order valence-electron chi connectivity index (χ1n) is 2.72. The van der Waals surface area contributed by atoms with Crippen LogP contribution in [0.25, 0.3) is 0 Å². The summed E-state index contributed by atoms with van der Waals surface area (Å²) in [6.07, 6.45) is 3.04. The van der Waals surface area contributed by atoms with E-state index >= 15 is 0 Å². The van der Waals surface area contributed by atoms with E-state index in [1.54, 1.807) is 6.08 Å². The highest BCUT2D eigenvalue weighted by molar-refractivity contribution is 4.86. The predicted molar refractivity (Wildman–Crippen MR) is 35.5 cm³/mol. The molecule has 0 rings (SSSR count). The van der Waals surface area contributed by atoms with Crippen LogP contribution >= 0.6 is 0 Å². The maximum absolute atomic E-state index is 9.37. The van der Waals surface area contributed by atoms with Gasteiger partial charge >= 0.3 is 0 Å². The van der Waals surface area contributed by atoms with Crippen LogP contribution in [0.2, 0.25) is 0 Å². The van der Waals surface area contributed by atoms with Gasteiger partial charge < -0.3 is 4.84 Å². The molecular formula is C6H11NO2. The quantitative estimate of drug-likeness (QED) is 0.326. The van der Waals surface area contributed by atoms with Gasteiger partial charge in [0.15, 0.2) is 5.34 Å². The first-order valence-corrected chi connectivity index (χ1v) is 2.72. The standard InChI is InChI=1S/C6H11NO2/c1-6(2,3)4-5-9-7-8/h4-5H,1-3H3. The lowest BCUT2D eigenvalue weighted by molar-refractivity contribution is 0.257. The molecule has 0 aromatic heterocycles. The molecule has 0 atom stereocenters. The van der Waals surface area contributed by atoms with Crippen LogP contribution in [0.5, 0.6) is 0 Å². The SMILES string of the molecule is CC(C)(C)C=CON=O. The van der Waals surface area contributed by atoms with Crippen molar-refractivity contribution in [1.29, 1.82) is 0 Å². The molecule has 0 bridgehead atoms. The van der Waals surface area contributed by atoms with Gasteiger partial charge in [-0.05, 0) is 11.5 Å². The first-order chi connectivity index (χ1) is 4.06. The fraction of sp³-hybridized carbons (Fsp3) is 0.667. The van der Waals surface area contributed by atoms with Crippen LogP contribution in [-0.4, -0.2) is 0 Å². The van der Waals surface area contributed by atoms with Gasteiger partial charge in [0.1, 0.15) is 6.26 Å². The number of hydrogen-bond donors (Lipinski definition) is 0. The van der Waals surface area contributed by atoms with Crippen molar-refractivity contribution in [2.75, 3.05) is 0 Å². The Balaban J connectivity index is 3.57. The summed E-state index contributed by atoms with van der Waals surface area (Å²) in [6, 6.07) is 0. The summed E-state index contributed by atoms with van der Waals surface area (Å²) < 4.78 is 0. The minimum absolute atomic E-state index is 0.0463. The van der Waals surface area contributed by atoms with Gasteiger partial charge in [-0.1, -0.05) is 20.8 Å². The number of rotatable bonds is 2. The maximum atomic E-state index is 9.37. The van der Waals surface area contributed by atoms with Gasteiger partial charge in [0.2, 0.25) is 0 Å². The number of hydrogen-bond acceptors (Lipinski definition) is 3. The van der Waals surface area contributed by atoms with Crippen molar-refractivity contribution in [3.8, 4) is 0 Å². The second-order valence-corrected chi connectivity index (χ2v) is 2.85. The summed E-state index contributed by atoms with van der Waals surface area (Å²) >= 11 is 0. The van der Waals surface area contributed by atoms with Gasteiger partial charge in [0.05, 0.1) is 0 Å². The minimum atomic E-state index is 0.0463. The number of nitrogens with zero attached hydrogens (tertiary/aromatic N) is 1. The Labute approximate surface area is 54.6 Å². The van der Waals surface area contributed by atoms with E-state index in [2.05, 4.69) is 10.2 Å². The molecule has 52 valence electrons. The van der Waals surface area contributed by atoms with Crippen LogP contribution < -0.4 is 0 Å². The van der Waals surface area contributed by atoms with Crippen LogP contribution in [0.4, 0.5) is 0 Å². The van der Waals surface area contributed by atoms with Crippen molar-refractivity contribution >= 4 is 0 Å². The van der Waals surface area contributed by atoms with Gasteiger partial charge in [-0.2, -0.15) is 0 Å². The van der Waals surface area contributed by atoms with E-state index in [9.17, 15) is 4.91 Å². The summed E-state index contributed by atoms with van der Waals surface area (Å²) in [5.74, 6) is 0. The van der Waals surface area contributed by atoms with Crippen molar-refractivity contribution in [1.82, 2.24) is 0 Å². The maximum Gasteiger partial charge on any atom is 0.160 e. The van der Waals surface area contributed by atoms with Gasteiger partial charge in [-0.15, -0.1) is 4.91 Å². The third kappa shape index (κ3) is 7.14. The zero-order valence-corrected chi connectivity index (χ0v) is 5.92. The Bertz CT molecular complexity index is 113. The molecule has 0 fully saturated rings. The normalized spacial score (nSPS) is 11.9. The molecule has 0 aliphatic carbocycles. The lowest BCUT2D eigenvalue weighted by Gasteiger charge is -2.08. The van der Waals surface area contributed by atoms with Crippen LogP contribution in [0.3, 0.4) is 0 Å². The lowest BCUT2D eigenvalue weighted by Crippen LogP contribution is -1.98. The largest absolute Gasteiger partial charge is 0.332 e. The van der Waals surface area contributed by atoms with E-state index in [1.807, 2.05) is 20.8 Å². The highest BCUT2D eigenvalue weighted by Crippen LogP contribution is 2.13. The van der Waals surface area contributed by atoms with E-state index in [4.69, 9.17) is 0 Å². The van der Waals surface area contributed by atoms with Crippen molar-refractivity contribution in [3.63, 3.8) is 0 Å². The molecule has 9 heavy (non-hydrogen) atoms. The molecule has 0 aromatic rings. The molecule has 0 radical (unpaired) electrons. The number of allylic oxidation sites excluding steroid dienone is 1. The summed E-state index contributed by atoms with van der Waals surface area (Å²) in [5.41, 5.74) is 0.0463. The van der Waals surface area contributed by atoms with Gasteiger partial charge in [-0.25, -0.2) is 0 Å². The second kappa shape index (κ2) is 3.22. The van der Waals surface area contributed by atoms with Crippen LogP contribution in [0, 0.1) is 10.3 Å². The van der Waals surface area contributed by atoms with Crippen molar-refractivity contribution in [2.45, 2.75) is 20.8 Å². The average Bonchev–Trinajstić information content (AvgIpc) is 1.63. The van der Waals surface area contributed by atoms with E-state index in [1.165, 1.54) is 6.26 Å². The molecule has 0 unspecified atom stereocenters. The predicted octanol–water partition coefficient (Wildman–Crippen LogP) is 2.24. The topological polar surface area (TPSA) is 38.7 Å². The van der Waals surface area contributed by atoms with E-state index in [0.29, 0.717) is 0 Å². The smallest absolute Gasteiger partial charge is 0.160 e. The third-order valence-corrected chi connectivity index (χ3v) is 0.672. The summed E-state index contributed by atoms with van der Waals surface area (Å²) in [7, 11) is 0. The molecule has 0 N–H and O–H groups in total. The zero-order valence-electron chi connectivity index (χ0n) is 5.92. The Morgan fingerprint density at radius 1 is 1.44 bits per heavy atom. The zero-order chi connectivity index (χ0) is 7.33. The summed E-state index contributed by atoms with van der Waals surface area (Å²) in [4.78, 5) is 13.5. The van der Waals surface area contributed by atoms with Crippen LogP contribution in [0.15, 0.2) is 17.7 Å². The molecule has 0 aliphatic heterocycles. The fourth-order valence-electron chi connectivity index (χ4n) is 0.259. The first kappa shape index (κ1) is 8.14. The Morgan fingerprint density at radius 3 is 2.33 bits per heavy atom. The molecule has 0 heterocycles. The molecule has 0 saturated heterocycles. The summed E-state index contributed by atoms with van der Waals surface area (Å²) in [5, 5.41) is 2.20. The van der Waals surface area contributed by atoms with Gasteiger partial charge in [0, 0.05) is 0 Å². The lowest BCUT2D eigenvalue weighted by atomic mass is 9.97. The third-order valence-electron chi connectivity index (χ3n) is 0.672. The minimum Gasteiger partial charge on any atom is -0.332 e. The van der Waals surface area contributed by atoms with Crippen LogP contribution in [0.1, 0.15) is 20.8 Å². The van der Waals surface area contributed by atoms with E-state index < -0.39 is 0 Å².